The molecule has 0 saturated carbocycles. The highest BCUT2D eigenvalue weighted by Gasteiger charge is 2.43. The van der Waals surface area contributed by atoms with E-state index in [2.05, 4.69) is 34.3 Å². The van der Waals surface area contributed by atoms with Crippen molar-refractivity contribution in [3.8, 4) is 0 Å². The first-order valence-electron chi connectivity index (χ1n) is 22.7. The molecule has 0 bridgehead atoms. The Morgan fingerprint density at radius 2 is 1.34 bits per heavy atom. The largest absolute Gasteiger partial charge is 0.459 e. The van der Waals surface area contributed by atoms with E-state index in [1.54, 1.807) is 32.7 Å². The van der Waals surface area contributed by atoms with Crippen LogP contribution in [0.1, 0.15) is 158 Å². The Labute approximate surface area is 354 Å². The molecule has 0 fully saturated rings. The van der Waals surface area contributed by atoms with Gasteiger partial charge in [0.1, 0.15) is 18.0 Å². The normalized spacial score (nSPS) is 14.6. The first-order valence-corrected chi connectivity index (χ1v) is 25.2. The Morgan fingerprint density at radius 3 is 1.84 bits per heavy atom. The number of carbonyl (C=O) groups excluding carboxylic acids is 4. The number of hydrogen-bond donors (Lipinski definition) is 0. The van der Waals surface area contributed by atoms with Gasteiger partial charge in [0.15, 0.2) is 8.32 Å². The minimum absolute atomic E-state index is 0.0108. The topological polar surface area (TPSA) is 108 Å². The molecule has 10 heteroatoms. The number of nitrogens with zero attached hydrogens (tertiary/aromatic N) is 1. The van der Waals surface area contributed by atoms with E-state index in [1.807, 2.05) is 51.1 Å². The van der Waals surface area contributed by atoms with E-state index >= 15 is 4.79 Å². The van der Waals surface area contributed by atoms with Crippen molar-refractivity contribution in [1.29, 1.82) is 0 Å². The van der Waals surface area contributed by atoms with E-state index in [1.165, 1.54) is 6.08 Å². The Kier molecular flexibility index (Phi) is 26.0. The van der Waals surface area contributed by atoms with Crippen LogP contribution in [0.5, 0.6) is 0 Å². The molecule has 0 aliphatic heterocycles. The number of Topliss-reactive ketones (excluding diaryl/α,β-unsaturated/α-hetero) is 1. The summed E-state index contributed by atoms with van der Waals surface area (Å²) < 4.78 is 24.8. The molecule has 332 valence electrons. The van der Waals surface area contributed by atoms with Crippen LogP contribution in [0.4, 0.5) is 4.79 Å². The molecule has 0 aliphatic carbocycles. The molecule has 0 saturated heterocycles. The van der Waals surface area contributed by atoms with Crippen LogP contribution < -0.4 is 0 Å². The third-order valence-corrected chi connectivity index (χ3v) is 15.7. The van der Waals surface area contributed by atoms with Gasteiger partial charge in [0.2, 0.25) is 6.10 Å². The average molecular weight is 830 g/mol. The van der Waals surface area contributed by atoms with E-state index < -0.39 is 62.0 Å². The monoisotopic (exact) mass is 830 g/mol. The first kappa shape index (κ1) is 53.0. The fraction of sp³-hybridized carbons (Fsp3) is 0.750. The van der Waals surface area contributed by atoms with Crippen molar-refractivity contribution < 1.29 is 37.8 Å². The molecule has 0 radical (unpaired) electrons. The number of esters is 2. The molecule has 58 heavy (non-hydrogen) atoms. The van der Waals surface area contributed by atoms with Crippen molar-refractivity contribution in [2.45, 2.75) is 201 Å². The van der Waals surface area contributed by atoms with Gasteiger partial charge in [0.05, 0.1) is 18.1 Å². The number of carbonyl (C=O) groups is 4. The van der Waals surface area contributed by atoms with Gasteiger partial charge in [-0.1, -0.05) is 162 Å². The molecule has 1 rings (SSSR count). The van der Waals surface area contributed by atoms with Gasteiger partial charge in [-0.05, 0) is 57.3 Å². The second-order valence-corrected chi connectivity index (χ2v) is 21.9. The van der Waals surface area contributed by atoms with Gasteiger partial charge in [-0.25, -0.2) is 9.59 Å². The van der Waals surface area contributed by atoms with E-state index in [4.69, 9.17) is 18.6 Å². The van der Waals surface area contributed by atoms with Crippen LogP contribution in [0.15, 0.2) is 43.0 Å². The van der Waals surface area contributed by atoms with Crippen molar-refractivity contribution >= 4 is 32.1 Å². The summed E-state index contributed by atoms with van der Waals surface area (Å²) in [4.78, 5) is 57.7. The van der Waals surface area contributed by atoms with Crippen LogP contribution in [0, 0.1) is 17.8 Å². The van der Waals surface area contributed by atoms with Crippen LogP contribution in [0.25, 0.3) is 0 Å². The number of ketones is 1. The lowest BCUT2D eigenvalue weighted by Gasteiger charge is -2.42. The maximum atomic E-state index is 15.1. The molecule has 0 spiro atoms. The summed E-state index contributed by atoms with van der Waals surface area (Å²) >= 11 is 0. The third-order valence-electron chi connectivity index (χ3n) is 11.1. The molecule has 1 aromatic carbocycles. The summed E-state index contributed by atoms with van der Waals surface area (Å²) in [5, 5.41) is 0. The van der Waals surface area contributed by atoms with Gasteiger partial charge >= 0.3 is 18.0 Å². The second-order valence-electron chi connectivity index (χ2n) is 17.8. The maximum absolute atomic E-state index is 15.1. The number of likely N-dealkylation sites (N-methyl/N-ethyl adjacent to an activating group) is 1. The molecule has 9 nitrogen and oxygen atoms in total. The Bertz CT molecular complexity index is 1310. The average Bonchev–Trinajstić information content (AvgIpc) is 3.18. The minimum atomic E-state index is -2.46. The van der Waals surface area contributed by atoms with E-state index in [9.17, 15) is 14.4 Å². The number of ether oxygens (including phenoxy) is 3. The zero-order valence-electron chi connectivity index (χ0n) is 38.6. The van der Waals surface area contributed by atoms with Gasteiger partial charge in [-0.15, -0.1) is 0 Å². The fourth-order valence-electron chi connectivity index (χ4n) is 7.55. The summed E-state index contributed by atoms with van der Waals surface area (Å²) in [6.07, 6.45) is 11.5. The van der Waals surface area contributed by atoms with Crippen LogP contribution in [-0.4, -0.2) is 74.5 Å². The third kappa shape index (κ3) is 19.8. The number of rotatable bonds is 31. The lowest BCUT2D eigenvalue weighted by atomic mass is 9.82. The fourth-order valence-corrected chi connectivity index (χ4v) is 12.5. The maximum Gasteiger partial charge on any atom is 0.410 e. The molecule has 0 unspecified atom stereocenters. The Balaban J connectivity index is 3.92. The van der Waals surface area contributed by atoms with Gasteiger partial charge in [0, 0.05) is 25.3 Å². The van der Waals surface area contributed by atoms with Gasteiger partial charge < -0.3 is 23.5 Å². The zero-order valence-corrected chi connectivity index (χ0v) is 39.6. The predicted molar refractivity (Wildman–Crippen MR) is 239 cm³/mol. The van der Waals surface area contributed by atoms with E-state index in [0.29, 0.717) is 12.8 Å². The number of unbranched alkanes of at least 4 members (excludes halogenated alkanes) is 7. The minimum Gasteiger partial charge on any atom is -0.459 e. The highest BCUT2D eigenvalue weighted by molar-refractivity contribution is 6.73. The molecule has 0 N–H and O–H groups in total. The quantitative estimate of drug-likeness (QED) is 0.0239. The van der Waals surface area contributed by atoms with Crippen molar-refractivity contribution in [3.05, 3.63) is 48.6 Å². The SMILES string of the molecule is C=CCOC(=O)[C@@H](OC(=O)[C@@H](C)[C@@H](CCCCCCC)C(=O)C[C@@H](O[Si](CCCC)(CCCC)CCCC)[C@H](Cc1ccccc1)N(C)C(=O)OC(C)(C)C)C(C)C. The van der Waals surface area contributed by atoms with Crippen LogP contribution >= 0.6 is 0 Å². The molecule has 0 heterocycles. The van der Waals surface area contributed by atoms with Gasteiger partial charge in [0.25, 0.3) is 0 Å². The van der Waals surface area contributed by atoms with Crippen LogP contribution in [0.3, 0.4) is 0 Å². The summed E-state index contributed by atoms with van der Waals surface area (Å²) in [6, 6.07) is 12.5. The lowest BCUT2D eigenvalue weighted by Crippen LogP contribution is -2.54. The molecular formula is C48H83NO8Si. The number of benzene rings is 1. The lowest BCUT2D eigenvalue weighted by molar-refractivity contribution is -0.174. The highest BCUT2D eigenvalue weighted by atomic mass is 28.4. The van der Waals surface area contributed by atoms with Crippen molar-refractivity contribution in [2.75, 3.05) is 13.7 Å². The number of amides is 1. The first-order chi connectivity index (χ1) is 27.5. The van der Waals surface area contributed by atoms with Crippen molar-refractivity contribution in [2.24, 2.45) is 17.8 Å². The van der Waals surface area contributed by atoms with Crippen molar-refractivity contribution in [1.82, 2.24) is 4.90 Å². The smallest absolute Gasteiger partial charge is 0.410 e. The zero-order chi connectivity index (χ0) is 43.7. The Morgan fingerprint density at radius 1 is 0.793 bits per heavy atom. The molecule has 5 atom stereocenters. The number of hydrogen-bond acceptors (Lipinski definition) is 8. The van der Waals surface area contributed by atoms with Gasteiger partial charge in [-0.2, -0.15) is 0 Å². The standard InChI is InChI=1S/C48H83NO8Si/c1-13-18-22-23-27-30-40(38(8)45(51)55-44(37(6)7)46(52)54-31-17-5)42(50)36-43(57-58(32-19-14-2,33-20-15-3)34-21-16-4)41(35-39-28-25-24-26-29-39)49(12)47(53)56-48(9,10)11/h17,24-26,28-29,37-38,40-41,43-44H,5,13-16,18-23,27,30-36H2,1-4,6-12H3/t38-,40+,41-,43+,44-/m0/s1. The van der Waals surface area contributed by atoms with Crippen LogP contribution in [-0.2, 0) is 39.4 Å². The molecule has 1 amide bonds. The molecule has 0 aromatic heterocycles. The van der Waals surface area contributed by atoms with Gasteiger partial charge in [-0.3, -0.25) is 9.59 Å². The van der Waals surface area contributed by atoms with E-state index in [-0.39, 0.29) is 24.7 Å². The highest BCUT2D eigenvalue weighted by Crippen LogP contribution is 2.35. The molecule has 1 aromatic rings. The second kappa shape index (κ2) is 28.5. The van der Waals surface area contributed by atoms with Crippen LogP contribution in [0.2, 0.25) is 18.1 Å². The van der Waals surface area contributed by atoms with Crippen molar-refractivity contribution in [3.63, 3.8) is 0 Å². The predicted octanol–water partition coefficient (Wildman–Crippen LogP) is 12.1. The summed E-state index contributed by atoms with van der Waals surface area (Å²) in [5.74, 6) is -3.12. The molecule has 0 aliphatic rings. The Hall–Kier alpha value is -2.98. The summed E-state index contributed by atoms with van der Waals surface area (Å²) in [7, 11) is -0.697. The summed E-state index contributed by atoms with van der Waals surface area (Å²) in [5.41, 5.74) is 0.306. The summed E-state index contributed by atoms with van der Waals surface area (Å²) in [6.45, 7) is 23.3. The molecular weight excluding hydrogens is 747 g/mol. The van der Waals surface area contributed by atoms with E-state index in [0.717, 1.165) is 94.3 Å².